The summed E-state index contributed by atoms with van der Waals surface area (Å²) in [5.74, 6) is -0.358. The monoisotopic (exact) mass is 302 g/mol. The van der Waals surface area contributed by atoms with Crippen molar-refractivity contribution in [3.8, 4) is 11.5 Å². The van der Waals surface area contributed by atoms with Crippen molar-refractivity contribution in [2.75, 3.05) is 0 Å². The van der Waals surface area contributed by atoms with Gasteiger partial charge in [0.15, 0.2) is 5.78 Å². The van der Waals surface area contributed by atoms with Crippen molar-refractivity contribution in [2.45, 2.75) is 39.7 Å². The Hall–Kier alpha value is -2.30. The van der Waals surface area contributed by atoms with Gasteiger partial charge >= 0.3 is 5.63 Å². The second-order valence-corrected chi connectivity index (χ2v) is 5.79. The van der Waals surface area contributed by atoms with Gasteiger partial charge in [-0.25, -0.2) is 4.79 Å². The van der Waals surface area contributed by atoms with Crippen molar-refractivity contribution in [2.24, 2.45) is 5.92 Å². The van der Waals surface area contributed by atoms with Crippen LogP contribution in [0.4, 0.5) is 0 Å². The molecule has 2 heterocycles. The molecule has 1 aromatic heterocycles. The van der Waals surface area contributed by atoms with Gasteiger partial charge in [0.1, 0.15) is 28.7 Å². The largest absolute Gasteiger partial charge is 0.506 e. The third kappa shape index (κ3) is 2.08. The van der Waals surface area contributed by atoms with E-state index < -0.39 is 5.63 Å². The molecule has 1 aliphatic rings. The van der Waals surface area contributed by atoms with Crippen LogP contribution in [-0.4, -0.2) is 17.0 Å². The number of Topliss-reactive ketones (excluding diaryl/α,β-unsaturated/α-hetero) is 1. The van der Waals surface area contributed by atoms with Crippen molar-refractivity contribution in [3.63, 3.8) is 0 Å². The number of ketones is 1. The van der Waals surface area contributed by atoms with Gasteiger partial charge in [-0.3, -0.25) is 4.79 Å². The minimum atomic E-state index is -0.473. The molecule has 0 amide bonds. The van der Waals surface area contributed by atoms with Crippen molar-refractivity contribution in [3.05, 3.63) is 33.7 Å². The Kier molecular flexibility index (Phi) is 3.43. The normalized spacial score (nSPS) is 20.8. The predicted molar refractivity (Wildman–Crippen MR) is 81.7 cm³/mol. The van der Waals surface area contributed by atoms with Crippen molar-refractivity contribution in [1.29, 1.82) is 0 Å². The van der Waals surface area contributed by atoms with E-state index in [0.717, 1.165) is 6.42 Å². The van der Waals surface area contributed by atoms with E-state index in [2.05, 4.69) is 0 Å². The number of aromatic hydroxyl groups is 1. The number of carbonyl (C=O) groups is 1. The van der Waals surface area contributed by atoms with E-state index in [-0.39, 0.29) is 40.5 Å². The Labute approximate surface area is 127 Å². The average Bonchev–Trinajstić information content (AvgIpc) is 2.44. The van der Waals surface area contributed by atoms with E-state index in [0.29, 0.717) is 17.4 Å². The second-order valence-electron chi connectivity index (χ2n) is 5.79. The number of ether oxygens (including phenoxy) is 1. The fraction of sp³-hybridized carbons (Fsp3) is 0.412. The number of hydrogen-bond acceptors (Lipinski definition) is 5. The number of fused-ring (bicyclic) bond motifs is 2. The average molecular weight is 302 g/mol. The summed E-state index contributed by atoms with van der Waals surface area (Å²) >= 11 is 0. The molecular formula is C17H18O5. The number of rotatable bonds is 2. The maximum atomic E-state index is 12.5. The van der Waals surface area contributed by atoms with Crippen molar-refractivity contribution >= 4 is 16.8 Å². The highest BCUT2D eigenvalue weighted by atomic mass is 16.5. The SMILES string of the molecule is CCCc1cc(=O)oc2cc3c(c(O)c12)C(=O)C(C)C(C)O3. The van der Waals surface area contributed by atoms with Crippen LogP contribution in [0.5, 0.6) is 11.5 Å². The molecule has 1 aromatic carbocycles. The fourth-order valence-electron chi connectivity index (χ4n) is 2.91. The molecule has 5 heteroatoms. The van der Waals surface area contributed by atoms with Gasteiger partial charge in [0.05, 0.1) is 11.3 Å². The molecule has 1 N–H and O–H groups in total. The highest BCUT2D eigenvalue weighted by Crippen LogP contribution is 2.42. The summed E-state index contributed by atoms with van der Waals surface area (Å²) in [5.41, 5.74) is 0.651. The highest BCUT2D eigenvalue weighted by Gasteiger charge is 2.35. The van der Waals surface area contributed by atoms with Gasteiger partial charge < -0.3 is 14.3 Å². The third-order valence-electron chi connectivity index (χ3n) is 4.25. The van der Waals surface area contributed by atoms with E-state index in [1.165, 1.54) is 12.1 Å². The number of phenols is 1. The molecule has 0 radical (unpaired) electrons. The van der Waals surface area contributed by atoms with Crippen molar-refractivity contribution < 1.29 is 19.1 Å². The van der Waals surface area contributed by atoms with Crippen LogP contribution < -0.4 is 10.4 Å². The first-order valence-electron chi connectivity index (χ1n) is 7.47. The van der Waals surface area contributed by atoms with E-state index in [1.54, 1.807) is 13.8 Å². The van der Waals surface area contributed by atoms with Crippen LogP contribution in [0, 0.1) is 5.92 Å². The summed E-state index contributed by atoms with van der Waals surface area (Å²) in [5, 5.41) is 11.0. The van der Waals surface area contributed by atoms with Crippen LogP contribution in [0.3, 0.4) is 0 Å². The van der Waals surface area contributed by atoms with Gasteiger partial charge in [-0.2, -0.15) is 0 Å². The molecule has 0 bridgehead atoms. The zero-order valence-corrected chi connectivity index (χ0v) is 12.8. The third-order valence-corrected chi connectivity index (χ3v) is 4.25. The van der Waals surface area contributed by atoms with Crippen LogP contribution in [-0.2, 0) is 6.42 Å². The summed E-state index contributed by atoms with van der Waals surface area (Å²) < 4.78 is 10.9. The van der Waals surface area contributed by atoms with Crippen LogP contribution in [0.2, 0.25) is 0 Å². The number of carbonyl (C=O) groups excluding carboxylic acids is 1. The minimum absolute atomic E-state index is 0.150. The van der Waals surface area contributed by atoms with Crippen LogP contribution in [0.15, 0.2) is 21.3 Å². The quantitative estimate of drug-likeness (QED) is 0.863. The first-order valence-corrected chi connectivity index (χ1v) is 7.47. The summed E-state index contributed by atoms with van der Waals surface area (Å²) in [7, 11) is 0. The molecule has 0 saturated carbocycles. The molecule has 1 aliphatic heterocycles. The Bertz CT molecular complexity index is 818. The van der Waals surface area contributed by atoms with Gasteiger partial charge in [0, 0.05) is 12.1 Å². The lowest BCUT2D eigenvalue weighted by Crippen LogP contribution is -2.33. The Morgan fingerprint density at radius 2 is 1.95 bits per heavy atom. The zero-order valence-electron chi connectivity index (χ0n) is 12.8. The summed E-state index contributed by atoms with van der Waals surface area (Å²) in [6, 6.07) is 2.91. The Morgan fingerprint density at radius 3 is 2.64 bits per heavy atom. The van der Waals surface area contributed by atoms with Gasteiger partial charge in [-0.05, 0) is 18.9 Å². The van der Waals surface area contributed by atoms with Crippen LogP contribution in [0.1, 0.15) is 43.1 Å². The zero-order chi connectivity index (χ0) is 16.0. The van der Waals surface area contributed by atoms with Crippen molar-refractivity contribution in [1.82, 2.24) is 0 Å². The lowest BCUT2D eigenvalue weighted by Gasteiger charge is -2.28. The minimum Gasteiger partial charge on any atom is -0.506 e. The van der Waals surface area contributed by atoms with Gasteiger partial charge in [-0.15, -0.1) is 0 Å². The molecule has 116 valence electrons. The van der Waals surface area contributed by atoms with Crippen LogP contribution >= 0.6 is 0 Å². The molecule has 0 spiro atoms. The van der Waals surface area contributed by atoms with Gasteiger partial charge in [-0.1, -0.05) is 20.3 Å². The predicted octanol–water partition coefficient (Wildman–Crippen LogP) is 3.05. The van der Waals surface area contributed by atoms with E-state index in [9.17, 15) is 14.7 Å². The highest BCUT2D eigenvalue weighted by molar-refractivity contribution is 6.09. The second kappa shape index (κ2) is 5.16. The molecule has 2 aromatic rings. The summed E-state index contributed by atoms with van der Waals surface area (Å²) in [6.45, 7) is 5.56. The smallest absolute Gasteiger partial charge is 0.336 e. The molecule has 0 aliphatic carbocycles. The first kappa shape index (κ1) is 14.6. The Morgan fingerprint density at radius 1 is 1.23 bits per heavy atom. The molecular weight excluding hydrogens is 284 g/mol. The first-order chi connectivity index (χ1) is 10.4. The number of benzene rings is 1. The summed E-state index contributed by atoms with van der Waals surface area (Å²) in [6.07, 6.45) is 1.14. The molecule has 0 fully saturated rings. The molecule has 5 nitrogen and oxygen atoms in total. The number of aryl methyl sites for hydroxylation is 1. The van der Waals surface area contributed by atoms with E-state index in [4.69, 9.17) is 9.15 Å². The number of hydrogen-bond donors (Lipinski definition) is 1. The molecule has 3 rings (SSSR count). The lowest BCUT2D eigenvalue weighted by atomic mass is 9.89. The van der Waals surface area contributed by atoms with Gasteiger partial charge in [0.25, 0.3) is 0 Å². The van der Waals surface area contributed by atoms with E-state index >= 15 is 0 Å². The molecule has 2 atom stereocenters. The fourth-order valence-corrected chi connectivity index (χ4v) is 2.91. The molecule has 0 saturated heterocycles. The Balaban J connectivity index is 2.37. The maximum absolute atomic E-state index is 12.5. The summed E-state index contributed by atoms with van der Waals surface area (Å²) in [4.78, 5) is 24.2. The maximum Gasteiger partial charge on any atom is 0.336 e. The van der Waals surface area contributed by atoms with Crippen LogP contribution in [0.25, 0.3) is 11.0 Å². The van der Waals surface area contributed by atoms with Gasteiger partial charge in [0.2, 0.25) is 0 Å². The molecule has 22 heavy (non-hydrogen) atoms. The number of phenolic OH excluding ortho intramolecular Hbond substituents is 1. The van der Waals surface area contributed by atoms with E-state index in [1.807, 2.05) is 6.92 Å². The standard InChI is InChI=1S/C17H18O5/c1-4-5-10-6-13(18)22-11-7-12-15(17(20)14(10)11)16(19)8(2)9(3)21-12/h6-9,20H,4-5H2,1-3H3. The topological polar surface area (TPSA) is 76.7 Å². The molecule has 2 unspecified atom stereocenters. The lowest BCUT2D eigenvalue weighted by molar-refractivity contribution is 0.0726.